The Morgan fingerprint density at radius 3 is 2.63 bits per heavy atom. The molecule has 6 heteroatoms. The quantitative estimate of drug-likeness (QED) is 0.848. The van der Waals surface area contributed by atoms with Gasteiger partial charge < -0.3 is 5.73 Å². The van der Waals surface area contributed by atoms with Crippen molar-refractivity contribution in [2.24, 2.45) is 11.1 Å². The van der Waals surface area contributed by atoms with Crippen LogP contribution in [0, 0.1) is 5.41 Å². The zero-order valence-electron chi connectivity index (χ0n) is 11.3. The molecule has 0 radical (unpaired) electrons. The Balaban J connectivity index is 2.05. The lowest BCUT2D eigenvalue weighted by molar-refractivity contribution is 0.286. The molecule has 108 valence electrons. The summed E-state index contributed by atoms with van der Waals surface area (Å²) in [6.07, 6.45) is 5.72. The van der Waals surface area contributed by atoms with Crippen LogP contribution in [0.15, 0.2) is 15.7 Å². The fraction of sp³-hybridized carbons (Fsp3) is 0.692. The zero-order chi connectivity index (χ0) is 13.9. The normalized spacial score (nSPS) is 18.8. The molecule has 0 saturated heterocycles. The Kier molecular flexibility index (Phi) is 4.66. The van der Waals surface area contributed by atoms with Gasteiger partial charge in [-0.05, 0) is 41.7 Å². The van der Waals surface area contributed by atoms with E-state index in [1.807, 2.05) is 0 Å². The highest BCUT2D eigenvalue weighted by Gasteiger charge is 2.33. The van der Waals surface area contributed by atoms with Gasteiger partial charge in [-0.25, -0.2) is 13.1 Å². The van der Waals surface area contributed by atoms with Crippen LogP contribution in [0.1, 0.15) is 44.6 Å². The van der Waals surface area contributed by atoms with Gasteiger partial charge in [0.05, 0.1) is 0 Å². The van der Waals surface area contributed by atoms with Gasteiger partial charge >= 0.3 is 0 Å². The highest BCUT2D eigenvalue weighted by molar-refractivity contribution is 7.91. The molecule has 1 aliphatic carbocycles. The first-order chi connectivity index (χ1) is 9.01. The fourth-order valence-electron chi connectivity index (χ4n) is 2.70. The van der Waals surface area contributed by atoms with Crippen molar-refractivity contribution >= 4 is 21.4 Å². The summed E-state index contributed by atoms with van der Waals surface area (Å²) in [6, 6.07) is 1.67. The molecule has 1 fully saturated rings. The lowest BCUT2D eigenvalue weighted by Crippen LogP contribution is -2.35. The minimum atomic E-state index is -3.37. The molecule has 0 amide bonds. The van der Waals surface area contributed by atoms with E-state index >= 15 is 0 Å². The van der Waals surface area contributed by atoms with Crippen LogP contribution < -0.4 is 10.5 Å². The molecule has 1 heterocycles. The van der Waals surface area contributed by atoms with E-state index in [0.29, 0.717) is 17.3 Å². The number of nitrogens with two attached hydrogens (primary N) is 1. The number of thiophene rings is 1. The van der Waals surface area contributed by atoms with E-state index in [9.17, 15) is 8.42 Å². The SMILES string of the molecule is CCC1(CNS(=O)(=O)c2cc(CN)cs2)CCCC1. The third-order valence-corrected chi connectivity index (χ3v) is 7.07. The van der Waals surface area contributed by atoms with Crippen LogP contribution in [0.5, 0.6) is 0 Å². The molecule has 4 nitrogen and oxygen atoms in total. The highest BCUT2D eigenvalue weighted by Crippen LogP contribution is 2.40. The van der Waals surface area contributed by atoms with Crippen molar-refractivity contribution in [2.75, 3.05) is 6.54 Å². The summed E-state index contributed by atoms with van der Waals surface area (Å²) < 4.78 is 27.6. The van der Waals surface area contributed by atoms with Crippen molar-refractivity contribution in [1.82, 2.24) is 4.72 Å². The Labute approximate surface area is 119 Å². The highest BCUT2D eigenvalue weighted by atomic mass is 32.2. The van der Waals surface area contributed by atoms with Gasteiger partial charge in [-0.2, -0.15) is 0 Å². The molecule has 0 unspecified atom stereocenters. The molecule has 3 N–H and O–H groups in total. The van der Waals surface area contributed by atoms with Gasteiger partial charge in [0.1, 0.15) is 4.21 Å². The topological polar surface area (TPSA) is 72.2 Å². The predicted molar refractivity (Wildman–Crippen MR) is 78.6 cm³/mol. The maximum atomic E-state index is 12.2. The second-order valence-corrected chi connectivity index (χ2v) is 8.27. The maximum Gasteiger partial charge on any atom is 0.250 e. The minimum Gasteiger partial charge on any atom is -0.326 e. The van der Waals surface area contributed by atoms with E-state index < -0.39 is 10.0 Å². The summed E-state index contributed by atoms with van der Waals surface area (Å²) in [5.74, 6) is 0. The molecule has 2 rings (SSSR count). The second-order valence-electron chi connectivity index (χ2n) is 5.36. The first kappa shape index (κ1) is 15.0. The van der Waals surface area contributed by atoms with Gasteiger partial charge in [-0.3, -0.25) is 0 Å². The molecule has 19 heavy (non-hydrogen) atoms. The van der Waals surface area contributed by atoms with Gasteiger partial charge in [0.15, 0.2) is 0 Å². The third kappa shape index (κ3) is 3.37. The summed E-state index contributed by atoms with van der Waals surface area (Å²) in [6.45, 7) is 3.09. The van der Waals surface area contributed by atoms with Crippen molar-refractivity contribution in [3.05, 3.63) is 17.0 Å². The average molecular weight is 302 g/mol. The number of rotatable bonds is 6. The minimum absolute atomic E-state index is 0.168. The van der Waals surface area contributed by atoms with E-state index in [-0.39, 0.29) is 5.41 Å². The van der Waals surface area contributed by atoms with E-state index in [4.69, 9.17) is 5.73 Å². The molecule has 0 bridgehead atoms. The molecular formula is C13H22N2O2S2. The molecule has 0 spiro atoms. The van der Waals surface area contributed by atoms with Crippen molar-refractivity contribution in [3.63, 3.8) is 0 Å². The first-order valence-electron chi connectivity index (χ1n) is 6.78. The molecule has 1 aromatic heterocycles. The standard InChI is InChI=1S/C13H22N2O2S2/c1-2-13(5-3-4-6-13)10-15-19(16,17)12-7-11(8-14)9-18-12/h7,9,15H,2-6,8,10,14H2,1H3. The van der Waals surface area contributed by atoms with Crippen LogP contribution in [-0.2, 0) is 16.6 Å². The number of nitrogens with one attached hydrogen (secondary N) is 1. The van der Waals surface area contributed by atoms with Crippen molar-refractivity contribution in [3.8, 4) is 0 Å². The Morgan fingerprint density at radius 2 is 2.11 bits per heavy atom. The number of sulfonamides is 1. The molecule has 0 atom stereocenters. The van der Waals surface area contributed by atoms with E-state index in [1.54, 1.807) is 11.4 Å². The van der Waals surface area contributed by atoms with Crippen LogP contribution in [0.2, 0.25) is 0 Å². The summed E-state index contributed by atoms with van der Waals surface area (Å²) in [4.78, 5) is 0. The monoisotopic (exact) mass is 302 g/mol. The van der Waals surface area contributed by atoms with Crippen LogP contribution in [0.25, 0.3) is 0 Å². The largest absolute Gasteiger partial charge is 0.326 e. The summed E-state index contributed by atoms with van der Waals surface area (Å²) in [7, 11) is -3.37. The van der Waals surface area contributed by atoms with Crippen LogP contribution >= 0.6 is 11.3 Å². The maximum absolute atomic E-state index is 12.2. The van der Waals surface area contributed by atoms with E-state index in [0.717, 1.165) is 24.8 Å². The van der Waals surface area contributed by atoms with Crippen molar-refractivity contribution in [2.45, 2.75) is 49.8 Å². The number of hydrogen-bond donors (Lipinski definition) is 2. The molecule has 1 aliphatic rings. The predicted octanol–water partition coefficient (Wildman–Crippen LogP) is 2.46. The summed E-state index contributed by atoms with van der Waals surface area (Å²) in [5.41, 5.74) is 6.55. The lowest BCUT2D eigenvalue weighted by Gasteiger charge is -2.27. The Hall–Kier alpha value is -0.430. The van der Waals surface area contributed by atoms with Gasteiger partial charge in [0, 0.05) is 13.1 Å². The second kappa shape index (κ2) is 5.91. The van der Waals surface area contributed by atoms with Crippen molar-refractivity contribution in [1.29, 1.82) is 0 Å². The van der Waals surface area contributed by atoms with Gasteiger partial charge in [0.25, 0.3) is 0 Å². The lowest BCUT2D eigenvalue weighted by atomic mass is 9.84. The zero-order valence-corrected chi connectivity index (χ0v) is 12.9. The molecule has 1 saturated carbocycles. The third-order valence-electron chi connectivity index (χ3n) is 4.18. The summed E-state index contributed by atoms with van der Waals surface area (Å²) in [5, 5.41) is 1.81. The van der Waals surface area contributed by atoms with E-state index in [2.05, 4.69) is 11.6 Å². The Bertz CT molecular complexity index is 517. The first-order valence-corrected chi connectivity index (χ1v) is 9.15. The number of hydrogen-bond acceptors (Lipinski definition) is 4. The molecule has 0 aromatic carbocycles. The smallest absolute Gasteiger partial charge is 0.250 e. The van der Waals surface area contributed by atoms with Crippen LogP contribution in [0.3, 0.4) is 0 Å². The molecular weight excluding hydrogens is 280 g/mol. The molecule has 1 aromatic rings. The van der Waals surface area contributed by atoms with E-state index in [1.165, 1.54) is 24.2 Å². The van der Waals surface area contributed by atoms with Gasteiger partial charge in [0.2, 0.25) is 10.0 Å². The Morgan fingerprint density at radius 1 is 1.42 bits per heavy atom. The summed E-state index contributed by atoms with van der Waals surface area (Å²) >= 11 is 1.24. The van der Waals surface area contributed by atoms with Gasteiger partial charge in [-0.15, -0.1) is 11.3 Å². The van der Waals surface area contributed by atoms with Gasteiger partial charge in [-0.1, -0.05) is 19.8 Å². The molecule has 0 aliphatic heterocycles. The van der Waals surface area contributed by atoms with Crippen LogP contribution in [-0.4, -0.2) is 15.0 Å². The van der Waals surface area contributed by atoms with Crippen molar-refractivity contribution < 1.29 is 8.42 Å². The van der Waals surface area contributed by atoms with Crippen LogP contribution in [0.4, 0.5) is 0 Å². The fourth-order valence-corrected chi connectivity index (χ4v) is 5.12. The average Bonchev–Trinajstić information content (AvgIpc) is 3.06.